The summed E-state index contributed by atoms with van der Waals surface area (Å²) < 4.78 is 0. The number of hydrogen-bond acceptors (Lipinski definition) is 2. The summed E-state index contributed by atoms with van der Waals surface area (Å²) in [6, 6.07) is 0. The van der Waals surface area contributed by atoms with Crippen molar-refractivity contribution >= 4 is 6.21 Å². The molecule has 0 aromatic rings. The summed E-state index contributed by atoms with van der Waals surface area (Å²) in [5.74, 6) is 0. The number of aliphatic imine (C=N–C) groups is 1. The predicted octanol–water partition coefficient (Wildman–Crippen LogP) is 1.20. The van der Waals surface area contributed by atoms with Gasteiger partial charge in [-0.25, -0.2) is 0 Å². The van der Waals surface area contributed by atoms with Gasteiger partial charge in [-0.05, 0) is 20.3 Å². The standard InChI is InChI=1S/C7H16N2/c1-4-7(3,8)6-9-5-2/h6H,4-5,8H2,1-3H3. The maximum absolute atomic E-state index is 5.75. The third-order valence-electron chi connectivity index (χ3n) is 1.33. The van der Waals surface area contributed by atoms with Gasteiger partial charge in [0.1, 0.15) is 0 Å². The second kappa shape index (κ2) is 3.62. The quantitative estimate of drug-likeness (QED) is 0.570. The van der Waals surface area contributed by atoms with Crippen LogP contribution >= 0.6 is 0 Å². The number of rotatable bonds is 3. The summed E-state index contributed by atoms with van der Waals surface area (Å²) in [6.07, 6.45) is 2.77. The molecule has 54 valence electrons. The Kier molecular flexibility index (Phi) is 3.47. The van der Waals surface area contributed by atoms with E-state index in [9.17, 15) is 0 Å². The van der Waals surface area contributed by atoms with Crippen LogP contribution in [0.25, 0.3) is 0 Å². The Balaban J connectivity index is 3.70. The fourth-order valence-corrected chi connectivity index (χ4v) is 0.391. The van der Waals surface area contributed by atoms with Gasteiger partial charge >= 0.3 is 0 Å². The van der Waals surface area contributed by atoms with Crippen LogP contribution in [0, 0.1) is 0 Å². The monoisotopic (exact) mass is 128 g/mol. The molecule has 1 unspecified atom stereocenters. The molecule has 2 N–H and O–H groups in total. The van der Waals surface area contributed by atoms with Crippen LogP contribution in [0.3, 0.4) is 0 Å². The smallest absolute Gasteiger partial charge is 0.0477 e. The fraction of sp³-hybridized carbons (Fsp3) is 0.857. The van der Waals surface area contributed by atoms with Gasteiger partial charge in [-0.2, -0.15) is 0 Å². The highest BCUT2D eigenvalue weighted by Crippen LogP contribution is 1.99. The van der Waals surface area contributed by atoms with Gasteiger partial charge < -0.3 is 5.73 Å². The van der Waals surface area contributed by atoms with E-state index in [-0.39, 0.29) is 5.54 Å². The molecule has 1 atom stereocenters. The molecule has 0 fully saturated rings. The molecule has 0 saturated heterocycles. The van der Waals surface area contributed by atoms with Crippen LogP contribution in [-0.2, 0) is 0 Å². The van der Waals surface area contributed by atoms with Gasteiger partial charge in [0.2, 0.25) is 0 Å². The lowest BCUT2D eigenvalue weighted by Gasteiger charge is -2.15. The first-order valence-electron chi connectivity index (χ1n) is 3.42. The van der Waals surface area contributed by atoms with Gasteiger partial charge in [0, 0.05) is 18.3 Å². The van der Waals surface area contributed by atoms with Crippen LogP contribution in [0.5, 0.6) is 0 Å². The first kappa shape index (κ1) is 8.63. The van der Waals surface area contributed by atoms with Crippen molar-refractivity contribution in [3.05, 3.63) is 0 Å². The molecule has 2 nitrogen and oxygen atoms in total. The van der Waals surface area contributed by atoms with Crippen molar-refractivity contribution in [2.45, 2.75) is 32.7 Å². The van der Waals surface area contributed by atoms with Crippen LogP contribution < -0.4 is 5.73 Å². The molecule has 0 bridgehead atoms. The van der Waals surface area contributed by atoms with Crippen LogP contribution in [0.2, 0.25) is 0 Å². The van der Waals surface area contributed by atoms with Crippen molar-refractivity contribution in [1.82, 2.24) is 0 Å². The first-order valence-corrected chi connectivity index (χ1v) is 3.42. The van der Waals surface area contributed by atoms with Crippen molar-refractivity contribution in [3.63, 3.8) is 0 Å². The molecular formula is C7H16N2. The summed E-state index contributed by atoms with van der Waals surface area (Å²) in [5.41, 5.74) is 5.55. The normalized spacial score (nSPS) is 18.2. The number of hydrogen-bond donors (Lipinski definition) is 1. The van der Waals surface area contributed by atoms with Crippen LogP contribution in [0.15, 0.2) is 4.99 Å². The average molecular weight is 128 g/mol. The topological polar surface area (TPSA) is 38.4 Å². The Hall–Kier alpha value is -0.370. The Morgan fingerprint density at radius 2 is 2.11 bits per heavy atom. The maximum atomic E-state index is 5.75. The Labute approximate surface area is 57.2 Å². The van der Waals surface area contributed by atoms with Crippen molar-refractivity contribution < 1.29 is 0 Å². The maximum Gasteiger partial charge on any atom is 0.0477 e. The zero-order valence-electron chi connectivity index (χ0n) is 6.52. The summed E-state index contributed by atoms with van der Waals surface area (Å²) in [7, 11) is 0. The third-order valence-corrected chi connectivity index (χ3v) is 1.33. The molecule has 2 heteroatoms. The molecule has 0 aliphatic carbocycles. The molecule has 0 amide bonds. The molecule has 0 aromatic carbocycles. The minimum Gasteiger partial charge on any atom is -0.321 e. The summed E-state index contributed by atoms with van der Waals surface area (Å²) in [6.45, 7) is 6.86. The molecule has 0 aliphatic rings. The lowest BCUT2D eigenvalue weighted by molar-refractivity contribution is 0.613. The Bertz CT molecular complexity index is 95.1. The predicted molar refractivity (Wildman–Crippen MR) is 41.9 cm³/mol. The van der Waals surface area contributed by atoms with Crippen LogP contribution in [0.4, 0.5) is 0 Å². The van der Waals surface area contributed by atoms with E-state index < -0.39 is 0 Å². The van der Waals surface area contributed by atoms with Gasteiger partial charge in [-0.1, -0.05) is 6.92 Å². The third kappa shape index (κ3) is 4.15. The molecule has 0 radical (unpaired) electrons. The van der Waals surface area contributed by atoms with Gasteiger partial charge in [0.25, 0.3) is 0 Å². The Morgan fingerprint density at radius 1 is 1.56 bits per heavy atom. The molecule has 0 spiro atoms. The first-order chi connectivity index (χ1) is 4.12. The molecule has 0 heterocycles. The van der Waals surface area contributed by atoms with Gasteiger partial charge in [0.05, 0.1) is 0 Å². The zero-order valence-corrected chi connectivity index (χ0v) is 6.52. The molecule has 0 saturated carbocycles. The molecular weight excluding hydrogens is 112 g/mol. The van der Waals surface area contributed by atoms with E-state index in [2.05, 4.69) is 11.9 Å². The molecule has 9 heavy (non-hydrogen) atoms. The zero-order chi connectivity index (χ0) is 7.33. The molecule has 0 rings (SSSR count). The van der Waals surface area contributed by atoms with E-state index in [0.717, 1.165) is 13.0 Å². The number of nitrogens with two attached hydrogens (primary N) is 1. The lowest BCUT2D eigenvalue weighted by Crippen LogP contribution is -2.36. The molecule has 0 aromatic heterocycles. The van der Waals surface area contributed by atoms with Crippen LogP contribution in [0.1, 0.15) is 27.2 Å². The van der Waals surface area contributed by atoms with E-state index in [1.807, 2.05) is 20.1 Å². The highest BCUT2D eigenvalue weighted by Gasteiger charge is 2.10. The van der Waals surface area contributed by atoms with E-state index in [1.54, 1.807) is 0 Å². The highest BCUT2D eigenvalue weighted by atomic mass is 14.8. The van der Waals surface area contributed by atoms with Gasteiger partial charge in [-0.3, -0.25) is 4.99 Å². The summed E-state index contributed by atoms with van der Waals surface area (Å²) in [5, 5.41) is 0. The van der Waals surface area contributed by atoms with Gasteiger partial charge in [-0.15, -0.1) is 0 Å². The van der Waals surface area contributed by atoms with Crippen molar-refractivity contribution in [2.75, 3.05) is 6.54 Å². The SMILES string of the molecule is CCN=CC(C)(N)CC. The fourth-order valence-electron chi connectivity index (χ4n) is 0.391. The highest BCUT2D eigenvalue weighted by molar-refractivity contribution is 5.68. The average Bonchev–Trinajstić information content (AvgIpc) is 1.84. The summed E-state index contributed by atoms with van der Waals surface area (Å²) >= 11 is 0. The molecule has 0 aliphatic heterocycles. The second-order valence-corrected chi connectivity index (χ2v) is 2.49. The largest absolute Gasteiger partial charge is 0.321 e. The van der Waals surface area contributed by atoms with Crippen molar-refractivity contribution in [1.29, 1.82) is 0 Å². The second-order valence-electron chi connectivity index (χ2n) is 2.49. The van der Waals surface area contributed by atoms with E-state index in [0.29, 0.717) is 0 Å². The number of nitrogens with zero attached hydrogens (tertiary/aromatic N) is 1. The van der Waals surface area contributed by atoms with Crippen molar-refractivity contribution in [3.8, 4) is 0 Å². The summed E-state index contributed by atoms with van der Waals surface area (Å²) in [4.78, 5) is 4.06. The minimum atomic E-state index is -0.198. The Morgan fingerprint density at radius 3 is 2.44 bits per heavy atom. The van der Waals surface area contributed by atoms with Gasteiger partial charge in [0.15, 0.2) is 0 Å². The van der Waals surface area contributed by atoms with E-state index in [4.69, 9.17) is 5.73 Å². The van der Waals surface area contributed by atoms with E-state index >= 15 is 0 Å². The lowest BCUT2D eigenvalue weighted by atomic mass is 10.0. The van der Waals surface area contributed by atoms with E-state index in [1.165, 1.54) is 0 Å². The van der Waals surface area contributed by atoms with Crippen molar-refractivity contribution in [2.24, 2.45) is 10.7 Å². The van der Waals surface area contributed by atoms with Crippen LogP contribution in [-0.4, -0.2) is 18.3 Å². The minimum absolute atomic E-state index is 0.198.